The van der Waals surface area contributed by atoms with E-state index in [1.54, 1.807) is 4.68 Å². The molecule has 1 heterocycles. The smallest absolute Gasteiger partial charge is 0.0849 e. The van der Waals surface area contributed by atoms with Gasteiger partial charge in [0.05, 0.1) is 29.6 Å². The van der Waals surface area contributed by atoms with Crippen molar-refractivity contribution in [2.75, 3.05) is 13.2 Å². The fourth-order valence-electron chi connectivity index (χ4n) is 2.31. The van der Waals surface area contributed by atoms with Crippen LogP contribution in [0.1, 0.15) is 38.1 Å². The molecule has 0 fully saturated rings. The molecule has 1 aromatic rings. The van der Waals surface area contributed by atoms with E-state index in [4.69, 9.17) is 11.6 Å². The normalized spacial score (nSPS) is 12.1. The van der Waals surface area contributed by atoms with E-state index in [1.807, 2.05) is 20.9 Å². The molecule has 0 atom stereocenters. The number of halogens is 1. The van der Waals surface area contributed by atoms with Gasteiger partial charge in [0.2, 0.25) is 0 Å². The van der Waals surface area contributed by atoms with Gasteiger partial charge in [0.25, 0.3) is 0 Å². The summed E-state index contributed by atoms with van der Waals surface area (Å²) in [6.07, 6.45) is 3.02. The van der Waals surface area contributed by atoms with E-state index in [0.29, 0.717) is 11.4 Å². The number of aliphatic hydroxyl groups excluding tert-OH is 2. The molecule has 5 heteroatoms. The van der Waals surface area contributed by atoms with Gasteiger partial charge in [-0.3, -0.25) is 4.68 Å². The van der Waals surface area contributed by atoms with Crippen molar-refractivity contribution >= 4 is 11.6 Å². The highest BCUT2D eigenvalue weighted by atomic mass is 35.5. The number of hydrogen-bond donors (Lipinski definition) is 2. The van der Waals surface area contributed by atoms with Crippen molar-refractivity contribution in [1.29, 1.82) is 0 Å². The molecular weight excluding hydrogens is 252 g/mol. The fraction of sp³-hybridized carbons (Fsp3) is 0.769. The minimum absolute atomic E-state index is 0.0414. The summed E-state index contributed by atoms with van der Waals surface area (Å²) in [7, 11) is 1.85. The molecule has 0 spiro atoms. The Balaban J connectivity index is 3.04. The van der Waals surface area contributed by atoms with Gasteiger partial charge in [0, 0.05) is 18.9 Å². The SMILES string of the molecule is CCCC(CO)(CO)Cc1c(Cl)c(CC)nn1C. The van der Waals surface area contributed by atoms with Crippen LogP contribution in [0.2, 0.25) is 5.02 Å². The van der Waals surface area contributed by atoms with Crippen molar-refractivity contribution in [2.24, 2.45) is 12.5 Å². The Kier molecular flexibility index (Phi) is 5.63. The van der Waals surface area contributed by atoms with Gasteiger partial charge in [-0.25, -0.2) is 0 Å². The second-order valence-electron chi connectivity index (χ2n) is 4.93. The maximum atomic E-state index is 9.58. The van der Waals surface area contributed by atoms with Crippen molar-refractivity contribution in [1.82, 2.24) is 9.78 Å². The minimum atomic E-state index is -0.503. The first-order valence-corrected chi connectivity index (χ1v) is 6.83. The van der Waals surface area contributed by atoms with Crippen LogP contribution in [0.5, 0.6) is 0 Å². The average Bonchev–Trinajstić information content (AvgIpc) is 2.65. The first kappa shape index (κ1) is 15.5. The van der Waals surface area contributed by atoms with Crippen LogP contribution in [0.15, 0.2) is 0 Å². The van der Waals surface area contributed by atoms with E-state index in [2.05, 4.69) is 5.10 Å². The summed E-state index contributed by atoms with van der Waals surface area (Å²) in [6, 6.07) is 0. The average molecular weight is 275 g/mol. The van der Waals surface area contributed by atoms with Gasteiger partial charge in [-0.2, -0.15) is 5.10 Å². The van der Waals surface area contributed by atoms with Crippen LogP contribution in [0, 0.1) is 5.41 Å². The lowest BCUT2D eigenvalue weighted by molar-refractivity contribution is 0.0451. The number of hydrogen-bond acceptors (Lipinski definition) is 3. The van der Waals surface area contributed by atoms with E-state index < -0.39 is 5.41 Å². The topological polar surface area (TPSA) is 58.3 Å². The lowest BCUT2D eigenvalue weighted by Gasteiger charge is -2.29. The summed E-state index contributed by atoms with van der Waals surface area (Å²) in [5, 5.41) is 24.2. The first-order chi connectivity index (χ1) is 8.53. The molecule has 1 aromatic heterocycles. The Bertz CT molecular complexity index is 387. The third-order valence-electron chi connectivity index (χ3n) is 3.50. The van der Waals surface area contributed by atoms with Crippen LogP contribution in [0.3, 0.4) is 0 Å². The summed E-state index contributed by atoms with van der Waals surface area (Å²) in [4.78, 5) is 0. The van der Waals surface area contributed by atoms with E-state index in [-0.39, 0.29) is 13.2 Å². The highest BCUT2D eigenvalue weighted by molar-refractivity contribution is 6.31. The Labute approximate surface area is 114 Å². The first-order valence-electron chi connectivity index (χ1n) is 6.45. The van der Waals surface area contributed by atoms with Crippen LogP contribution >= 0.6 is 11.6 Å². The van der Waals surface area contributed by atoms with Crippen LogP contribution in [-0.4, -0.2) is 33.2 Å². The molecule has 1 rings (SSSR count). The summed E-state index contributed by atoms with van der Waals surface area (Å²) in [5.41, 5.74) is 1.26. The third kappa shape index (κ3) is 3.05. The standard InChI is InChI=1S/C13H23ClN2O2/c1-4-6-13(8-17,9-18)7-11-12(14)10(5-2)15-16(11)3/h17-18H,4-9H2,1-3H3. The molecular formula is C13H23ClN2O2. The molecule has 0 aliphatic rings. The van der Waals surface area contributed by atoms with E-state index in [9.17, 15) is 10.2 Å². The van der Waals surface area contributed by atoms with Gasteiger partial charge >= 0.3 is 0 Å². The van der Waals surface area contributed by atoms with Gasteiger partial charge in [-0.1, -0.05) is 31.9 Å². The molecule has 2 N–H and O–H groups in total. The number of aryl methyl sites for hydroxylation is 2. The zero-order valence-corrected chi connectivity index (χ0v) is 12.2. The largest absolute Gasteiger partial charge is 0.396 e. The van der Waals surface area contributed by atoms with Crippen molar-refractivity contribution in [3.8, 4) is 0 Å². The van der Waals surface area contributed by atoms with E-state index >= 15 is 0 Å². The predicted octanol–water partition coefficient (Wildman–Crippen LogP) is 1.95. The zero-order valence-electron chi connectivity index (χ0n) is 11.4. The Morgan fingerprint density at radius 2 is 1.89 bits per heavy atom. The van der Waals surface area contributed by atoms with Crippen molar-refractivity contribution in [2.45, 2.75) is 39.5 Å². The van der Waals surface area contributed by atoms with Crippen molar-refractivity contribution in [3.05, 3.63) is 16.4 Å². The highest BCUT2D eigenvalue weighted by Gasteiger charge is 2.31. The summed E-state index contributed by atoms with van der Waals surface area (Å²) in [5.74, 6) is 0. The van der Waals surface area contributed by atoms with Crippen molar-refractivity contribution in [3.63, 3.8) is 0 Å². The van der Waals surface area contributed by atoms with E-state index in [0.717, 1.165) is 30.7 Å². The van der Waals surface area contributed by atoms with Gasteiger partial charge in [0.15, 0.2) is 0 Å². The predicted molar refractivity (Wildman–Crippen MR) is 72.8 cm³/mol. The number of rotatable bonds is 7. The minimum Gasteiger partial charge on any atom is -0.396 e. The Hall–Kier alpha value is -0.580. The second kappa shape index (κ2) is 6.55. The van der Waals surface area contributed by atoms with Gasteiger partial charge < -0.3 is 10.2 Å². The quantitative estimate of drug-likeness (QED) is 0.799. The molecule has 0 aromatic carbocycles. The third-order valence-corrected chi connectivity index (χ3v) is 3.93. The fourth-order valence-corrected chi connectivity index (χ4v) is 2.67. The number of aromatic nitrogens is 2. The summed E-state index contributed by atoms with van der Waals surface area (Å²) >= 11 is 6.30. The van der Waals surface area contributed by atoms with E-state index in [1.165, 1.54) is 0 Å². The number of nitrogens with zero attached hydrogens (tertiary/aromatic N) is 2. The Morgan fingerprint density at radius 3 is 2.28 bits per heavy atom. The lowest BCUT2D eigenvalue weighted by atomic mass is 9.80. The second-order valence-corrected chi connectivity index (χ2v) is 5.31. The van der Waals surface area contributed by atoms with Crippen molar-refractivity contribution < 1.29 is 10.2 Å². The van der Waals surface area contributed by atoms with Crippen LogP contribution in [0.25, 0.3) is 0 Å². The molecule has 4 nitrogen and oxygen atoms in total. The molecule has 0 amide bonds. The summed E-state index contributed by atoms with van der Waals surface area (Å²) in [6.45, 7) is 3.97. The maximum Gasteiger partial charge on any atom is 0.0849 e. The molecule has 0 saturated carbocycles. The molecule has 104 valence electrons. The zero-order chi connectivity index (χ0) is 13.8. The highest BCUT2D eigenvalue weighted by Crippen LogP contribution is 2.32. The monoisotopic (exact) mass is 274 g/mol. The number of aliphatic hydroxyl groups is 2. The molecule has 0 unspecified atom stereocenters. The van der Waals surface area contributed by atoms with Gasteiger partial charge in [-0.15, -0.1) is 0 Å². The van der Waals surface area contributed by atoms with Gasteiger partial charge in [-0.05, 0) is 12.8 Å². The molecule has 0 radical (unpaired) electrons. The lowest BCUT2D eigenvalue weighted by Crippen LogP contribution is -2.33. The van der Waals surface area contributed by atoms with Gasteiger partial charge in [0.1, 0.15) is 0 Å². The molecule has 0 aliphatic heterocycles. The molecule has 18 heavy (non-hydrogen) atoms. The van der Waals surface area contributed by atoms with Crippen LogP contribution in [0.4, 0.5) is 0 Å². The maximum absolute atomic E-state index is 9.58. The Morgan fingerprint density at radius 1 is 1.28 bits per heavy atom. The van der Waals surface area contributed by atoms with Crippen LogP contribution < -0.4 is 0 Å². The van der Waals surface area contributed by atoms with Crippen LogP contribution in [-0.2, 0) is 19.9 Å². The summed E-state index contributed by atoms with van der Waals surface area (Å²) < 4.78 is 1.76. The molecule has 0 saturated heterocycles. The molecule has 0 aliphatic carbocycles. The molecule has 0 bridgehead atoms.